The van der Waals surface area contributed by atoms with E-state index in [4.69, 9.17) is 21.1 Å². The molecule has 1 aromatic heterocycles. The predicted molar refractivity (Wildman–Crippen MR) is 132 cm³/mol. The quantitative estimate of drug-likeness (QED) is 0.464. The molecule has 12 heteroatoms. The third kappa shape index (κ3) is 4.96. The number of para-hydroxylation sites is 2. The van der Waals surface area contributed by atoms with Crippen LogP contribution >= 0.6 is 11.6 Å². The second kappa shape index (κ2) is 9.16. The highest BCUT2D eigenvalue weighted by Crippen LogP contribution is 2.37. The molecular weight excluding hydrogens is 480 g/mol. The molecule has 3 aromatic rings. The van der Waals surface area contributed by atoms with Crippen molar-refractivity contribution in [2.75, 3.05) is 52.9 Å². The average Bonchev–Trinajstić information content (AvgIpc) is 2.81. The van der Waals surface area contributed by atoms with Crippen LogP contribution < -0.4 is 25.0 Å². The molecular formula is C22H23ClN6O4S. The second-order valence-electron chi connectivity index (χ2n) is 7.98. The summed E-state index contributed by atoms with van der Waals surface area (Å²) in [5.41, 5.74) is 2.68. The number of fused-ring (bicyclic) bond motifs is 3. The topological polar surface area (TPSA) is 118 Å². The van der Waals surface area contributed by atoms with E-state index in [0.29, 0.717) is 43.0 Å². The minimum Gasteiger partial charge on any atom is -0.489 e. The number of aromatic nitrogens is 2. The Labute approximate surface area is 202 Å². The van der Waals surface area contributed by atoms with Gasteiger partial charge in [0.2, 0.25) is 16.0 Å². The Morgan fingerprint density at radius 1 is 1.12 bits per heavy atom. The first kappa shape index (κ1) is 22.5. The Hall–Kier alpha value is -3.28. The summed E-state index contributed by atoms with van der Waals surface area (Å²) in [4.78, 5) is 11.0. The molecule has 2 aliphatic rings. The van der Waals surface area contributed by atoms with Gasteiger partial charge < -0.3 is 25.0 Å². The number of anilines is 6. The average molecular weight is 503 g/mol. The van der Waals surface area contributed by atoms with Gasteiger partial charge in [-0.05, 0) is 24.3 Å². The maximum Gasteiger partial charge on any atom is 0.229 e. The van der Waals surface area contributed by atoms with Crippen LogP contribution in [-0.4, -0.2) is 57.0 Å². The van der Waals surface area contributed by atoms with Gasteiger partial charge in [-0.1, -0.05) is 23.7 Å². The number of nitrogens with zero attached hydrogens (tertiary/aromatic N) is 3. The van der Waals surface area contributed by atoms with Crippen molar-refractivity contribution in [1.29, 1.82) is 0 Å². The van der Waals surface area contributed by atoms with Gasteiger partial charge in [-0.15, -0.1) is 0 Å². The van der Waals surface area contributed by atoms with E-state index >= 15 is 0 Å². The largest absolute Gasteiger partial charge is 0.489 e. The summed E-state index contributed by atoms with van der Waals surface area (Å²) in [6.45, 7) is 2.77. The fourth-order valence-corrected chi connectivity index (χ4v) is 4.61. The van der Waals surface area contributed by atoms with Gasteiger partial charge in [-0.2, -0.15) is 4.98 Å². The highest BCUT2D eigenvalue weighted by molar-refractivity contribution is 7.92. The van der Waals surface area contributed by atoms with Gasteiger partial charge in [0.1, 0.15) is 17.4 Å². The Morgan fingerprint density at radius 2 is 1.94 bits per heavy atom. The smallest absolute Gasteiger partial charge is 0.229 e. The molecule has 178 valence electrons. The lowest BCUT2D eigenvalue weighted by molar-refractivity contribution is 0.0705. The number of hydrogen-bond donors (Lipinski definition) is 3. The van der Waals surface area contributed by atoms with Crippen molar-refractivity contribution in [2.45, 2.75) is 6.04 Å². The summed E-state index contributed by atoms with van der Waals surface area (Å²) >= 11 is 6.30. The maximum atomic E-state index is 11.7. The fraction of sp³-hybridized carbons (Fsp3) is 0.273. The van der Waals surface area contributed by atoms with Crippen molar-refractivity contribution in [2.24, 2.45) is 0 Å². The summed E-state index contributed by atoms with van der Waals surface area (Å²) in [5.74, 6) is 1.43. The van der Waals surface area contributed by atoms with Crippen molar-refractivity contribution < 1.29 is 17.9 Å². The molecule has 0 unspecified atom stereocenters. The molecule has 0 spiro atoms. The lowest BCUT2D eigenvalue weighted by atomic mass is 10.1. The first-order chi connectivity index (χ1) is 16.4. The summed E-state index contributed by atoms with van der Waals surface area (Å²) in [7, 11) is -3.46. The Bertz CT molecular complexity index is 1320. The van der Waals surface area contributed by atoms with Crippen LogP contribution in [0.25, 0.3) is 0 Å². The van der Waals surface area contributed by atoms with Gasteiger partial charge in [0, 0.05) is 18.3 Å². The fourth-order valence-electron chi connectivity index (χ4n) is 3.89. The molecule has 2 aromatic carbocycles. The van der Waals surface area contributed by atoms with E-state index in [1.54, 1.807) is 24.3 Å². The molecule has 2 aliphatic heterocycles. The third-order valence-corrected chi connectivity index (χ3v) is 6.27. The van der Waals surface area contributed by atoms with Crippen LogP contribution in [0, 0.1) is 0 Å². The molecule has 34 heavy (non-hydrogen) atoms. The van der Waals surface area contributed by atoms with Crippen LogP contribution in [0.15, 0.2) is 48.7 Å². The van der Waals surface area contributed by atoms with Gasteiger partial charge in [0.05, 0.1) is 48.8 Å². The Balaban J connectivity index is 1.36. The lowest BCUT2D eigenvalue weighted by Gasteiger charge is -2.41. The maximum absolute atomic E-state index is 11.7. The third-order valence-electron chi connectivity index (χ3n) is 5.40. The number of morpholine rings is 1. The Kier molecular flexibility index (Phi) is 6.07. The Morgan fingerprint density at radius 3 is 2.76 bits per heavy atom. The molecule has 1 fully saturated rings. The minimum absolute atomic E-state index is 0.230. The van der Waals surface area contributed by atoms with Gasteiger partial charge in [-0.3, -0.25) is 4.72 Å². The van der Waals surface area contributed by atoms with E-state index in [-0.39, 0.29) is 11.1 Å². The van der Waals surface area contributed by atoms with Crippen molar-refractivity contribution >= 4 is 56.1 Å². The van der Waals surface area contributed by atoms with Crippen molar-refractivity contribution in [3.8, 4) is 5.75 Å². The number of sulfonamides is 1. The molecule has 0 radical (unpaired) electrons. The zero-order valence-corrected chi connectivity index (χ0v) is 19.9. The van der Waals surface area contributed by atoms with Crippen LogP contribution in [0.4, 0.5) is 34.5 Å². The molecule has 3 heterocycles. The van der Waals surface area contributed by atoms with Crippen molar-refractivity contribution in [3.05, 3.63) is 53.7 Å². The molecule has 0 amide bonds. The number of hydrogen-bond acceptors (Lipinski definition) is 9. The van der Waals surface area contributed by atoms with Gasteiger partial charge in [0.15, 0.2) is 5.82 Å². The predicted octanol–water partition coefficient (Wildman–Crippen LogP) is 3.59. The zero-order chi connectivity index (χ0) is 23.7. The molecule has 0 bridgehead atoms. The SMILES string of the molecule is CS(=O)(=O)Nc1ccccc1Nc1nc(Nc2ccc3c(c2)OC[C@@H]2COCCN32)ncc1Cl. The molecule has 1 atom stereocenters. The lowest BCUT2D eigenvalue weighted by Crippen LogP contribution is -2.51. The molecule has 10 nitrogen and oxygen atoms in total. The van der Waals surface area contributed by atoms with Crippen LogP contribution in [0.2, 0.25) is 5.02 Å². The summed E-state index contributed by atoms with van der Waals surface area (Å²) < 4.78 is 37.4. The van der Waals surface area contributed by atoms with Crippen molar-refractivity contribution in [1.82, 2.24) is 9.97 Å². The number of benzene rings is 2. The van der Waals surface area contributed by atoms with E-state index < -0.39 is 10.0 Å². The van der Waals surface area contributed by atoms with E-state index in [0.717, 1.165) is 29.9 Å². The van der Waals surface area contributed by atoms with Crippen LogP contribution in [0.3, 0.4) is 0 Å². The summed E-state index contributed by atoms with van der Waals surface area (Å²) in [6.07, 6.45) is 2.56. The van der Waals surface area contributed by atoms with Crippen LogP contribution in [0.1, 0.15) is 0 Å². The van der Waals surface area contributed by atoms with E-state index in [1.807, 2.05) is 18.2 Å². The standard InChI is InChI=1S/C22H23ClN6O4S/c1-34(30,31)28-18-5-3-2-4-17(18)26-21-16(23)11-24-22(27-21)25-14-6-7-19-20(10-14)33-13-15-12-32-9-8-29(15)19/h2-7,10-11,15,28H,8-9,12-13H2,1H3,(H2,24,25,26,27)/t15-/m0/s1. The monoisotopic (exact) mass is 502 g/mol. The summed E-state index contributed by atoms with van der Waals surface area (Å²) in [6, 6.07) is 13.0. The first-order valence-electron chi connectivity index (χ1n) is 10.6. The van der Waals surface area contributed by atoms with E-state index in [2.05, 4.69) is 30.2 Å². The van der Waals surface area contributed by atoms with E-state index in [1.165, 1.54) is 6.20 Å². The zero-order valence-electron chi connectivity index (χ0n) is 18.3. The van der Waals surface area contributed by atoms with Crippen LogP contribution in [-0.2, 0) is 14.8 Å². The van der Waals surface area contributed by atoms with Gasteiger partial charge >= 0.3 is 0 Å². The highest BCUT2D eigenvalue weighted by atomic mass is 35.5. The molecule has 0 saturated carbocycles. The normalized spacial score (nSPS) is 17.2. The first-order valence-corrected chi connectivity index (χ1v) is 12.9. The minimum atomic E-state index is -3.46. The number of halogens is 1. The van der Waals surface area contributed by atoms with Crippen molar-refractivity contribution in [3.63, 3.8) is 0 Å². The molecule has 3 N–H and O–H groups in total. The van der Waals surface area contributed by atoms with Gasteiger partial charge in [0.25, 0.3) is 0 Å². The number of rotatable bonds is 6. The highest BCUT2D eigenvalue weighted by Gasteiger charge is 2.30. The second-order valence-corrected chi connectivity index (χ2v) is 10.1. The molecule has 5 rings (SSSR count). The molecule has 1 saturated heterocycles. The number of nitrogens with one attached hydrogen (secondary N) is 3. The van der Waals surface area contributed by atoms with E-state index in [9.17, 15) is 8.42 Å². The number of ether oxygens (including phenoxy) is 2. The molecule has 0 aliphatic carbocycles. The van der Waals surface area contributed by atoms with Crippen LogP contribution in [0.5, 0.6) is 5.75 Å². The summed E-state index contributed by atoms with van der Waals surface area (Å²) in [5, 5.41) is 6.54. The van der Waals surface area contributed by atoms with Gasteiger partial charge in [-0.25, -0.2) is 13.4 Å².